The van der Waals surface area contributed by atoms with Gasteiger partial charge in [-0.2, -0.15) is 4.31 Å². The van der Waals surface area contributed by atoms with Crippen LogP contribution in [0.1, 0.15) is 18.4 Å². The van der Waals surface area contributed by atoms with Gasteiger partial charge in [0.15, 0.2) is 0 Å². The molecule has 1 heterocycles. The third kappa shape index (κ3) is 3.75. The molecule has 1 aliphatic heterocycles. The number of nitro benzene ring substituents is 1. The molecule has 0 amide bonds. The lowest BCUT2D eigenvalue weighted by molar-refractivity contribution is -0.385. The highest BCUT2D eigenvalue weighted by atomic mass is 35.5. The lowest BCUT2D eigenvalue weighted by Crippen LogP contribution is -2.43. The number of benzene rings is 1. The number of nitro groups is 1. The van der Waals surface area contributed by atoms with Crippen molar-refractivity contribution in [2.75, 3.05) is 20.1 Å². The summed E-state index contributed by atoms with van der Waals surface area (Å²) in [6, 6.07) is 4.38. The molecule has 1 fully saturated rings. The molecule has 22 heavy (non-hydrogen) atoms. The van der Waals surface area contributed by atoms with E-state index in [1.165, 1.54) is 16.4 Å². The smallest absolute Gasteiger partial charge is 0.273 e. The van der Waals surface area contributed by atoms with E-state index in [0.29, 0.717) is 24.7 Å². The van der Waals surface area contributed by atoms with Crippen LogP contribution in [0.2, 0.25) is 0 Å². The Morgan fingerprint density at radius 3 is 2.41 bits per heavy atom. The van der Waals surface area contributed by atoms with Gasteiger partial charge in [0.25, 0.3) is 5.69 Å². The molecular weight excluding hydrogens is 330 g/mol. The third-order valence-corrected chi connectivity index (χ3v) is 5.77. The zero-order chi connectivity index (χ0) is 15.6. The highest BCUT2D eigenvalue weighted by molar-refractivity contribution is 7.89. The first kappa shape index (κ1) is 18.8. The van der Waals surface area contributed by atoms with Crippen LogP contribution in [0, 0.1) is 17.0 Å². The summed E-state index contributed by atoms with van der Waals surface area (Å²) in [6.45, 7) is 2.44. The molecule has 7 nitrogen and oxygen atoms in total. The molecule has 9 heteroatoms. The van der Waals surface area contributed by atoms with Crippen molar-refractivity contribution in [1.29, 1.82) is 0 Å². The Kier molecular flexibility index (Phi) is 6.30. The van der Waals surface area contributed by atoms with E-state index in [9.17, 15) is 18.5 Å². The molecule has 1 aromatic rings. The number of nitrogens with zero attached hydrogens (tertiary/aromatic N) is 2. The quantitative estimate of drug-likeness (QED) is 0.659. The van der Waals surface area contributed by atoms with Gasteiger partial charge in [-0.05, 0) is 32.9 Å². The summed E-state index contributed by atoms with van der Waals surface area (Å²) in [4.78, 5) is 10.4. The number of hydrogen-bond acceptors (Lipinski definition) is 5. The third-order valence-electron chi connectivity index (χ3n) is 3.88. The maximum Gasteiger partial charge on any atom is 0.273 e. The summed E-state index contributed by atoms with van der Waals surface area (Å²) >= 11 is 0. The van der Waals surface area contributed by atoms with E-state index in [0.717, 1.165) is 18.9 Å². The van der Waals surface area contributed by atoms with Gasteiger partial charge in [-0.25, -0.2) is 8.42 Å². The molecule has 0 atom stereocenters. The highest BCUT2D eigenvalue weighted by Gasteiger charge is 2.30. The molecule has 0 radical (unpaired) electrons. The molecule has 124 valence electrons. The predicted molar refractivity (Wildman–Crippen MR) is 85.9 cm³/mol. The first-order chi connectivity index (χ1) is 9.86. The van der Waals surface area contributed by atoms with Crippen molar-refractivity contribution < 1.29 is 13.3 Å². The van der Waals surface area contributed by atoms with E-state index in [4.69, 9.17) is 0 Å². The second-order valence-corrected chi connectivity index (χ2v) is 7.11. The van der Waals surface area contributed by atoms with E-state index < -0.39 is 14.9 Å². The average Bonchev–Trinajstić information content (AvgIpc) is 2.47. The van der Waals surface area contributed by atoms with Gasteiger partial charge in [0.05, 0.1) is 9.82 Å². The number of aryl methyl sites for hydroxylation is 1. The van der Waals surface area contributed by atoms with E-state index in [-0.39, 0.29) is 23.0 Å². The number of sulfonamides is 1. The Hall–Kier alpha value is -1.22. The summed E-state index contributed by atoms with van der Waals surface area (Å²) in [5, 5.41) is 14.1. The molecule has 0 saturated carbocycles. The van der Waals surface area contributed by atoms with Crippen LogP contribution in [0.3, 0.4) is 0 Å². The van der Waals surface area contributed by atoms with Gasteiger partial charge >= 0.3 is 0 Å². The second-order valence-electron chi connectivity index (χ2n) is 5.17. The Bertz CT molecular complexity index is 643. The fourth-order valence-corrected chi connectivity index (χ4v) is 3.97. The molecule has 0 aliphatic carbocycles. The second kappa shape index (κ2) is 7.36. The minimum atomic E-state index is -3.67. The number of hydrogen-bond donors (Lipinski definition) is 1. The Labute approximate surface area is 136 Å². The molecule has 0 bridgehead atoms. The number of nitrogens with one attached hydrogen (secondary N) is 1. The first-order valence-electron chi connectivity index (χ1n) is 6.78. The Morgan fingerprint density at radius 1 is 1.32 bits per heavy atom. The van der Waals surface area contributed by atoms with E-state index in [2.05, 4.69) is 5.32 Å². The van der Waals surface area contributed by atoms with Crippen molar-refractivity contribution in [1.82, 2.24) is 9.62 Å². The number of piperidine rings is 1. The van der Waals surface area contributed by atoms with Crippen molar-refractivity contribution in [2.45, 2.75) is 30.7 Å². The molecular formula is C13H20ClN3O4S. The fourth-order valence-electron chi connectivity index (χ4n) is 2.48. The van der Waals surface area contributed by atoms with Gasteiger partial charge in [0.2, 0.25) is 10.0 Å². The average molecular weight is 350 g/mol. The summed E-state index contributed by atoms with van der Waals surface area (Å²) in [7, 11) is -1.81. The molecule has 1 N–H and O–H groups in total. The molecule has 1 aromatic carbocycles. The molecule has 0 spiro atoms. The maximum atomic E-state index is 12.6. The van der Waals surface area contributed by atoms with Crippen molar-refractivity contribution >= 4 is 28.1 Å². The lowest BCUT2D eigenvalue weighted by Gasteiger charge is -2.30. The molecule has 0 aromatic heterocycles. The van der Waals surface area contributed by atoms with Crippen LogP contribution in [0.5, 0.6) is 0 Å². The zero-order valence-corrected chi connectivity index (χ0v) is 14.1. The van der Waals surface area contributed by atoms with E-state index in [1.807, 2.05) is 7.05 Å². The van der Waals surface area contributed by atoms with Crippen LogP contribution in [0.15, 0.2) is 23.1 Å². The van der Waals surface area contributed by atoms with Gasteiger partial charge < -0.3 is 5.32 Å². The minimum Gasteiger partial charge on any atom is -0.317 e. The van der Waals surface area contributed by atoms with Crippen molar-refractivity contribution in [3.63, 3.8) is 0 Å². The predicted octanol–water partition coefficient (Wildman–Crippen LogP) is 1.70. The Balaban J connectivity index is 0.00000242. The van der Waals surface area contributed by atoms with Gasteiger partial charge in [-0.1, -0.05) is 6.07 Å². The minimum absolute atomic E-state index is 0. The maximum absolute atomic E-state index is 12.6. The van der Waals surface area contributed by atoms with Crippen LogP contribution < -0.4 is 5.32 Å². The van der Waals surface area contributed by atoms with Gasteiger partial charge in [-0.15, -0.1) is 12.4 Å². The van der Waals surface area contributed by atoms with Crippen LogP contribution in [-0.4, -0.2) is 43.8 Å². The largest absolute Gasteiger partial charge is 0.317 e. The van der Waals surface area contributed by atoms with Crippen LogP contribution in [0.25, 0.3) is 0 Å². The van der Waals surface area contributed by atoms with Crippen molar-refractivity contribution in [2.24, 2.45) is 0 Å². The lowest BCUT2D eigenvalue weighted by atomic mass is 10.1. The topological polar surface area (TPSA) is 92.6 Å². The molecule has 1 saturated heterocycles. The summed E-state index contributed by atoms with van der Waals surface area (Å²) in [6.07, 6.45) is 1.48. The van der Waals surface area contributed by atoms with Gasteiger partial charge in [0.1, 0.15) is 0 Å². The van der Waals surface area contributed by atoms with Crippen molar-refractivity contribution in [3.8, 4) is 0 Å². The SMILES string of the molecule is CNC1CCN(S(=O)(=O)c2ccc(C)c([N+](=O)[O-])c2)CC1.Cl. The summed E-state index contributed by atoms with van der Waals surface area (Å²) in [5.74, 6) is 0. The fraction of sp³-hybridized carbons (Fsp3) is 0.538. The molecule has 2 rings (SSSR count). The van der Waals surface area contributed by atoms with Gasteiger partial charge in [0, 0.05) is 30.8 Å². The first-order valence-corrected chi connectivity index (χ1v) is 8.22. The van der Waals surface area contributed by atoms with Gasteiger partial charge in [-0.3, -0.25) is 10.1 Å². The molecule has 1 aliphatic rings. The number of rotatable bonds is 4. The zero-order valence-electron chi connectivity index (χ0n) is 12.5. The van der Waals surface area contributed by atoms with E-state index >= 15 is 0 Å². The van der Waals surface area contributed by atoms with Crippen LogP contribution >= 0.6 is 12.4 Å². The summed E-state index contributed by atoms with van der Waals surface area (Å²) < 4.78 is 26.5. The number of halogens is 1. The highest BCUT2D eigenvalue weighted by Crippen LogP contribution is 2.26. The normalized spacial score (nSPS) is 17.0. The van der Waals surface area contributed by atoms with Crippen LogP contribution in [0.4, 0.5) is 5.69 Å². The standard InChI is InChI=1S/C13H19N3O4S.ClH/c1-10-3-4-12(9-13(10)16(17)18)21(19,20)15-7-5-11(14-2)6-8-15;/h3-4,9,11,14H,5-8H2,1-2H3;1H. The van der Waals surface area contributed by atoms with Crippen molar-refractivity contribution in [3.05, 3.63) is 33.9 Å². The van der Waals surface area contributed by atoms with Crippen LogP contribution in [-0.2, 0) is 10.0 Å². The van der Waals surface area contributed by atoms with E-state index in [1.54, 1.807) is 6.92 Å². The molecule has 0 unspecified atom stereocenters. The Morgan fingerprint density at radius 2 is 1.91 bits per heavy atom. The monoisotopic (exact) mass is 349 g/mol. The summed E-state index contributed by atoms with van der Waals surface area (Å²) in [5.41, 5.74) is 0.286.